The Morgan fingerprint density at radius 1 is 1.10 bits per heavy atom. The van der Waals surface area contributed by atoms with Crippen molar-refractivity contribution < 1.29 is 9.90 Å². The molecule has 1 aliphatic carbocycles. The van der Waals surface area contributed by atoms with E-state index in [0.717, 1.165) is 76.0 Å². The molecule has 3 atom stereocenters. The average Bonchev–Trinajstić information content (AvgIpc) is 3.23. The van der Waals surface area contributed by atoms with Crippen molar-refractivity contribution >= 4 is 17.5 Å². The number of nitrogens with zero attached hydrogens (tertiary/aromatic N) is 5. The Kier molecular flexibility index (Phi) is 7.04. The van der Waals surface area contributed by atoms with Gasteiger partial charge in [-0.25, -0.2) is 9.97 Å². The van der Waals surface area contributed by atoms with E-state index in [9.17, 15) is 9.90 Å². The van der Waals surface area contributed by atoms with E-state index in [0.29, 0.717) is 12.6 Å². The predicted molar refractivity (Wildman–Crippen MR) is 118 cm³/mol. The van der Waals surface area contributed by atoms with Crippen LogP contribution in [0.4, 0.5) is 11.6 Å². The van der Waals surface area contributed by atoms with Crippen LogP contribution in [-0.2, 0) is 4.79 Å². The Bertz CT molecular complexity index is 709. The zero-order chi connectivity index (χ0) is 20.9. The van der Waals surface area contributed by atoms with Gasteiger partial charge in [0, 0.05) is 44.8 Å². The summed E-state index contributed by atoms with van der Waals surface area (Å²) in [5, 5.41) is 12.8. The van der Waals surface area contributed by atoms with Crippen LogP contribution >= 0.6 is 0 Å². The van der Waals surface area contributed by atoms with Gasteiger partial charge in [0.1, 0.15) is 18.0 Å². The minimum absolute atomic E-state index is 0.162. The number of anilines is 2. The molecule has 30 heavy (non-hydrogen) atoms. The molecule has 8 nitrogen and oxygen atoms in total. The van der Waals surface area contributed by atoms with E-state index >= 15 is 0 Å². The molecular formula is C22H36N6O2. The fourth-order valence-corrected chi connectivity index (χ4v) is 5.17. The van der Waals surface area contributed by atoms with Crippen molar-refractivity contribution in [2.45, 2.75) is 57.5 Å². The smallest absolute Gasteiger partial charge is 0.234 e. The van der Waals surface area contributed by atoms with Crippen molar-refractivity contribution in [3.05, 3.63) is 12.4 Å². The molecule has 0 spiro atoms. The number of hydrogen-bond donors (Lipinski definition) is 2. The zero-order valence-electron chi connectivity index (χ0n) is 18.2. The number of aliphatic hydroxyl groups excluding tert-OH is 1. The molecule has 0 bridgehead atoms. The topological polar surface area (TPSA) is 84.8 Å². The molecule has 3 fully saturated rings. The third kappa shape index (κ3) is 5.21. The fourth-order valence-electron chi connectivity index (χ4n) is 5.17. The highest BCUT2D eigenvalue weighted by molar-refractivity contribution is 5.78. The lowest BCUT2D eigenvalue weighted by Crippen LogP contribution is -2.51. The SMILES string of the molecule is CC1CCCC(NC(=O)CN2CCN(c3cc(N4CCCC4CO)ncn3)CC2)C1. The molecule has 2 N–H and O–H groups in total. The second kappa shape index (κ2) is 9.92. The highest BCUT2D eigenvalue weighted by atomic mass is 16.3. The Morgan fingerprint density at radius 3 is 2.67 bits per heavy atom. The van der Waals surface area contributed by atoms with Crippen molar-refractivity contribution in [3.8, 4) is 0 Å². The van der Waals surface area contributed by atoms with Crippen LogP contribution in [0.5, 0.6) is 0 Å². The van der Waals surface area contributed by atoms with Gasteiger partial charge in [-0.3, -0.25) is 9.69 Å². The number of hydrogen-bond acceptors (Lipinski definition) is 7. The van der Waals surface area contributed by atoms with Gasteiger partial charge in [0.25, 0.3) is 0 Å². The van der Waals surface area contributed by atoms with Gasteiger partial charge < -0.3 is 20.2 Å². The predicted octanol–water partition coefficient (Wildman–Crippen LogP) is 1.25. The maximum absolute atomic E-state index is 12.5. The van der Waals surface area contributed by atoms with E-state index in [1.165, 1.54) is 12.8 Å². The molecule has 0 radical (unpaired) electrons. The first-order valence-electron chi connectivity index (χ1n) is 11.6. The summed E-state index contributed by atoms with van der Waals surface area (Å²) < 4.78 is 0. The van der Waals surface area contributed by atoms with Crippen LogP contribution < -0.4 is 15.1 Å². The van der Waals surface area contributed by atoms with Gasteiger partial charge in [0.05, 0.1) is 19.2 Å². The summed E-state index contributed by atoms with van der Waals surface area (Å²) in [5.41, 5.74) is 0. The van der Waals surface area contributed by atoms with Crippen LogP contribution in [0, 0.1) is 5.92 Å². The van der Waals surface area contributed by atoms with Crippen LogP contribution in [0.1, 0.15) is 45.4 Å². The van der Waals surface area contributed by atoms with Gasteiger partial charge >= 0.3 is 0 Å². The molecule has 2 aliphatic heterocycles. The van der Waals surface area contributed by atoms with Gasteiger partial charge in [-0.1, -0.05) is 19.8 Å². The summed E-state index contributed by atoms with van der Waals surface area (Å²) >= 11 is 0. The molecule has 1 aromatic heterocycles. The molecule has 8 heteroatoms. The minimum Gasteiger partial charge on any atom is -0.394 e. The molecule has 1 amide bonds. The van der Waals surface area contributed by atoms with Crippen LogP contribution in [0.25, 0.3) is 0 Å². The number of amides is 1. The monoisotopic (exact) mass is 416 g/mol. The second-order valence-corrected chi connectivity index (χ2v) is 9.21. The normalized spacial score (nSPS) is 28.0. The molecule has 3 heterocycles. The molecule has 1 aromatic rings. The van der Waals surface area contributed by atoms with Crippen molar-refractivity contribution in [2.75, 3.05) is 55.7 Å². The van der Waals surface area contributed by atoms with Gasteiger partial charge in [0.15, 0.2) is 0 Å². The van der Waals surface area contributed by atoms with Gasteiger partial charge in [-0.2, -0.15) is 0 Å². The number of carbonyl (C=O) groups excluding carboxylic acids is 1. The first kappa shape index (κ1) is 21.3. The summed E-state index contributed by atoms with van der Waals surface area (Å²) in [4.78, 5) is 28.1. The van der Waals surface area contributed by atoms with Crippen LogP contribution in [0.15, 0.2) is 12.4 Å². The third-order valence-corrected chi connectivity index (χ3v) is 6.89. The third-order valence-electron chi connectivity index (χ3n) is 6.89. The van der Waals surface area contributed by atoms with Gasteiger partial charge in [-0.05, 0) is 31.6 Å². The molecular weight excluding hydrogens is 380 g/mol. The standard InChI is InChI=1S/C22H36N6O2/c1-17-4-2-5-18(12-17)25-22(30)14-26-8-10-27(11-9-26)20-13-21(24-16-23-20)28-7-3-6-19(28)15-29/h13,16-19,29H,2-12,14-15H2,1H3,(H,25,30). The van der Waals surface area contributed by atoms with Crippen molar-refractivity contribution in [2.24, 2.45) is 5.92 Å². The average molecular weight is 417 g/mol. The highest BCUT2D eigenvalue weighted by Crippen LogP contribution is 2.26. The van der Waals surface area contributed by atoms with E-state index in [4.69, 9.17) is 0 Å². The number of carbonyl (C=O) groups is 1. The Labute approximate surface area is 179 Å². The summed E-state index contributed by atoms with van der Waals surface area (Å²) in [5.74, 6) is 2.72. The first-order chi connectivity index (χ1) is 14.6. The maximum Gasteiger partial charge on any atom is 0.234 e. The lowest BCUT2D eigenvalue weighted by Gasteiger charge is -2.36. The Morgan fingerprint density at radius 2 is 1.90 bits per heavy atom. The van der Waals surface area contributed by atoms with E-state index in [1.807, 2.05) is 6.07 Å². The maximum atomic E-state index is 12.5. The molecule has 0 aromatic carbocycles. The zero-order valence-corrected chi connectivity index (χ0v) is 18.2. The first-order valence-corrected chi connectivity index (χ1v) is 11.6. The van der Waals surface area contributed by atoms with Crippen LogP contribution in [-0.4, -0.2) is 83.8 Å². The van der Waals surface area contributed by atoms with Gasteiger partial charge in [-0.15, -0.1) is 0 Å². The fraction of sp³-hybridized carbons (Fsp3) is 0.773. The second-order valence-electron chi connectivity index (χ2n) is 9.21. The van der Waals surface area contributed by atoms with Crippen molar-refractivity contribution in [1.29, 1.82) is 0 Å². The minimum atomic E-state index is 0.162. The molecule has 3 aliphatic rings. The summed E-state index contributed by atoms with van der Waals surface area (Å²) in [7, 11) is 0. The Hall–Kier alpha value is -1.93. The van der Waals surface area contributed by atoms with Crippen molar-refractivity contribution in [3.63, 3.8) is 0 Å². The highest BCUT2D eigenvalue weighted by Gasteiger charge is 2.27. The molecule has 1 saturated carbocycles. The largest absolute Gasteiger partial charge is 0.394 e. The van der Waals surface area contributed by atoms with E-state index in [2.05, 4.69) is 36.9 Å². The quantitative estimate of drug-likeness (QED) is 0.722. The number of rotatable bonds is 6. The Balaban J connectivity index is 1.26. The molecule has 166 valence electrons. The number of aliphatic hydroxyl groups is 1. The summed E-state index contributed by atoms with van der Waals surface area (Å²) in [6.45, 7) is 7.29. The van der Waals surface area contributed by atoms with Gasteiger partial charge in [0.2, 0.25) is 5.91 Å². The lowest BCUT2D eigenvalue weighted by molar-refractivity contribution is -0.123. The van der Waals surface area contributed by atoms with Crippen LogP contribution in [0.2, 0.25) is 0 Å². The number of aromatic nitrogens is 2. The van der Waals surface area contributed by atoms with Crippen LogP contribution in [0.3, 0.4) is 0 Å². The summed E-state index contributed by atoms with van der Waals surface area (Å²) in [6, 6.07) is 2.56. The van der Waals surface area contributed by atoms with E-state index in [-0.39, 0.29) is 18.6 Å². The van der Waals surface area contributed by atoms with E-state index < -0.39 is 0 Å². The number of piperazine rings is 1. The lowest BCUT2D eigenvalue weighted by atomic mass is 9.87. The summed E-state index contributed by atoms with van der Waals surface area (Å²) in [6.07, 6.45) is 8.47. The van der Waals surface area contributed by atoms with Crippen molar-refractivity contribution in [1.82, 2.24) is 20.2 Å². The number of nitrogens with one attached hydrogen (secondary N) is 1. The molecule has 3 unspecified atom stereocenters. The van der Waals surface area contributed by atoms with E-state index in [1.54, 1.807) is 6.33 Å². The molecule has 4 rings (SSSR count). The molecule has 2 saturated heterocycles.